The van der Waals surface area contributed by atoms with Gasteiger partial charge in [-0.3, -0.25) is 14.7 Å². The number of pyridine rings is 1. The second-order valence-electron chi connectivity index (χ2n) is 8.34. The van der Waals surface area contributed by atoms with Gasteiger partial charge in [0.1, 0.15) is 0 Å². The van der Waals surface area contributed by atoms with Gasteiger partial charge in [-0.05, 0) is 74.5 Å². The Morgan fingerprint density at radius 1 is 1.22 bits per heavy atom. The van der Waals surface area contributed by atoms with Crippen LogP contribution in [0.25, 0.3) is 10.9 Å². The molecule has 1 aliphatic heterocycles. The SMILES string of the molecule is O=CO.OCC1c2[nH]c3ccc(Cl)cc3c2CCN1CCCc1ccc(Cl)c(C2CC2)n1. The van der Waals surface area contributed by atoms with Crippen molar-refractivity contribution < 1.29 is 15.0 Å². The summed E-state index contributed by atoms with van der Waals surface area (Å²) in [5.41, 5.74) is 5.73. The van der Waals surface area contributed by atoms with Crippen molar-refractivity contribution in [2.75, 3.05) is 19.7 Å². The minimum atomic E-state index is -0.250. The normalized spacial score (nSPS) is 18.2. The largest absolute Gasteiger partial charge is 0.483 e. The number of aromatic nitrogens is 2. The number of benzene rings is 1. The van der Waals surface area contributed by atoms with Crippen LogP contribution in [-0.2, 0) is 17.6 Å². The van der Waals surface area contributed by atoms with Gasteiger partial charge in [-0.15, -0.1) is 0 Å². The number of hydrogen-bond acceptors (Lipinski definition) is 4. The quantitative estimate of drug-likeness (QED) is 0.437. The predicted molar refractivity (Wildman–Crippen MR) is 127 cm³/mol. The fraction of sp³-hybridized carbons (Fsp3) is 0.417. The summed E-state index contributed by atoms with van der Waals surface area (Å²) in [5, 5.41) is 19.8. The van der Waals surface area contributed by atoms with Crippen LogP contribution in [0, 0.1) is 0 Å². The highest BCUT2D eigenvalue weighted by atomic mass is 35.5. The highest BCUT2D eigenvalue weighted by molar-refractivity contribution is 6.31. The zero-order chi connectivity index (χ0) is 22.7. The molecule has 0 spiro atoms. The molecular formula is C24H27Cl2N3O3. The number of H-pyrrole nitrogens is 1. The zero-order valence-corrected chi connectivity index (χ0v) is 19.2. The number of rotatable bonds is 6. The lowest BCUT2D eigenvalue weighted by atomic mass is 9.97. The molecule has 2 aliphatic rings. The number of fused-ring (bicyclic) bond motifs is 3. The van der Waals surface area contributed by atoms with Gasteiger partial charge in [-0.1, -0.05) is 23.2 Å². The molecule has 8 heteroatoms. The van der Waals surface area contributed by atoms with E-state index in [1.807, 2.05) is 30.3 Å². The molecule has 1 aromatic carbocycles. The summed E-state index contributed by atoms with van der Waals surface area (Å²) < 4.78 is 0. The average Bonchev–Trinajstić information content (AvgIpc) is 3.56. The third-order valence-electron chi connectivity index (χ3n) is 6.27. The monoisotopic (exact) mass is 475 g/mol. The minimum Gasteiger partial charge on any atom is -0.483 e. The van der Waals surface area contributed by atoms with Crippen LogP contribution in [0.15, 0.2) is 30.3 Å². The van der Waals surface area contributed by atoms with E-state index < -0.39 is 0 Å². The van der Waals surface area contributed by atoms with E-state index >= 15 is 0 Å². The first-order valence-electron chi connectivity index (χ1n) is 10.9. The molecule has 6 nitrogen and oxygen atoms in total. The number of aromatic amines is 1. The number of carboxylic acid groups (broad SMARTS) is 1. The number of aliphatic hydroxyl groups excluding tert-OH is 1. The molecule has 5 rings (SSSR count). The van der Waals surface area contributed by atoms with Crippen LogP contribution in [0.3, 0.4) is 0 Å². The molecule has 170 valence electrons. The van der Waals surface area contributed by atoms with Crippen molar-refractivity contribution in [2.45, 2.75) is 44.1 Å². The van der Waals surface area contributed by atoms with Crippen molar-refractivity contribution in [3.63, 3.8) is 0 Å². The summed E-state index contributed by atoms with van der Waals surface area (Å²) in [7, 11) is 0. The highest BCUT2D eigenvalue weighted by Crippen LogP contribution is 2.42. The number of nitrogens with one attached hydrogen (secondary N) is 1. The molecule has 3 N–H and O–H groups in total. The van der Waals surface area contributed by atoms with E-state index in [-0.39, 0.29) is 19.1 Å². The van der Waals surface area contributed by atoms with Crippen molar-refractivity contribution in [1.29, 1.82) is 0 Å². The summed E-state index contributed by atoms with van der Waals surface area (Å²) in [4.78, 5) is 19.1. The number of carbonyl (C=O) groups is 1. The third-order valence-corrected chi connectivity index (χ3v) is 6.82. The molecule has 2 aromatic heterocycles. The maximum absolute atomic E-state index is 10.1. The Kier molecular flexibility index (Phi) is 7.36. The van der Waals surface area contributed by atoms with Crippen molar-refractivity contribution in [1.82, 2.24) is 14.9 Å². The van der Waals surface area contributed by atoms with Gasteiger partial charge in [0.15, 0.2) is 0 Å². The van der Waals surface area contributed by atoms with Gasteiger partial charge in [0, 0.05) is 39.8 Å². The molecule has 1 aliphatic carbocycles. The predicted octanol–water partition coefficient (Wildman–Crippen LogP) is 4.97. The standard InChI is InChI=1S/C23H25Cl2N3O.CH2O2/c24-15-5-8-20-18(12-15)17-9-11-28(21(13-29)23(17)27-20)10-1-2-16-6-7-19(25)22(26-16)14-3-4-14;2-1-3/h5-8,12,14,21,27,29H,1-4,9-11,13H2;1H,(H,2,3). The van der Waals surface area contributed by atoms with Crippen molar-refractivity contribution in [2.24, 2.45) is 0 Å². The number of halogens is 2. The molecule has 3 aromatic rings. The van der Waals surface area contributed by atoms with Gasteiger partial charge in [-0.25, -0.2) is 0 Å². The number of nitrogens with zero attached hydrogens (tertiary/aromatic N) is 2. The fourth-order valence-electron chi connectivity index (χ4n) is 4.61. The Morgan fingerprint density at radius 2 is 2.00 bits per heavy atom. The Labute approximate surface area is 197 Å². The summed E-state index contributed by atoms with van der Waals surface area (Å²) >= 11 is 12.5. The first-order valence-corrected chi connectivity index (χ1v) is 11.7. The summed E-state index contributed by atoms with van der Waals surface area (Å²) in [5.74, 6) is 0.567. The third kappa shape index (κ3) is 4.94. The summed E-state index contributed by atoms with van der Waals surface area (Å²) in [6.07, 6.45) is 5.33. The molecule has 1 fully saturated rings. The molecule has 1 unspecified atom stereocenters. The van der Waals surface area contributed by atoms with Gasteiger partial charge in [0.05, 0.1) is 23.4 Å². The molecule has 0 amide bonds. The second kappa shape index (κ2) is 10.2. The van der Waals surface area contributed by atoms with Crippen molar-refractivity contribution in [3.05, 3.63) is 63.0 Å². The molecule has 3 heterocycles. The maximum atomic E-state index is 10.1. The van der Waals surface area contributed by atoms with Crippen LogP contribution in [0.1, 0.15) is 53.9 Å². The molecule has 0 bridgehead atoms. The first kappa shape index (κ1) is 23.1. The van der Waals surface area contributed by atoms with Gasteiger partial charge in [0.2, 0.25) is 0 Å². The molecule has 1 atom stereocenters. The number of aryl methyl sites for hydroxylation is 1. The van der Waals surface area contributed by atoms with Gasteiger partial charge in [-0.2, -0.15) is 0 Å². The fourth-order valence-corrected chi connectivity index (χ4v) is 5.04. The number of aliphatic hydroxyl groups is 1. The Morgan fingerprint density at radius 3 is 2.72 bits per heavy atom. The van der Waals surface area contributed by atoms with E-state index in [2.05, 4.69) is 9.88 Å². The van der Waals surface area contributed by atoms with Gasteiger partial charge < -0.3 is 15.2 Å². The minimum absolute atomic E-state index is 0.00475. The van der Waals surface area contributed by atoms with E-state index in [0.29, 0.717) is 5.92 Å². The molecular weight excluding hydrogens is 449 g/mol. The zero-order valence-electron chi connectivity index (χ0n) is 17.7. The van der Waals surface area contributed by atoms with E-state index in [9.17, 15) is 5.11 Å². The summed E-state index contributed by atoms with van der Waals surface area (Å²) in [6, 6.07) is 10.0. The van der Waals surface area contributed by atoms with E-state index in [0.717, 1.165) is 65.0 Å². The van der Waals surface area contributed by atoms with Crippen LogP contribution < -0.4 is 0 Å². The van der Waals surface area contributed by atoms with Gasteiger partial charge >= 0.3 is 0 Å². The maximum Gasteiger partial charge on any atom is 0.290 e. The van der Waals surface area contributed by atoms with Crippen LogP contribution >= 0.6 is 23.2 Å². The molecule has 32 heavy (non-hydrogen) atoms. The van der Waals surface area contributed by atoms with Crippen molar-refractivity contribution in [3.8, 4) is 0 Å². The lowest BCUT2D eigenvalue weighted by Gasteiger charge is -2.34. The van der Waals surface area contributed by atoms with E-state index in [4.69, 9.17) is 38.1 Å². The van der Waals surface area contributed by atoms with Gasteiger partial charge in [0.25, 0.3) is 6.47 Å². The Balaban J connectivity index is 0.000000775. The molecule has 0 radical (unpaired) electrons. The Hall–Kier alpha value is -2.12. The van der Waals surface area contributed by atoms with Crippen LogP contribution in [0.5, 0.6) is 0 Å². The molecule has 1 saturated carbocycles. The average molecular weight is 476 g/mol. The highest BCUT2D eigenvalue weighted by Gasteiger charge is 2.30. The van der Waals surface area contributed by atoms with E-state index in [1.165, 1.54) is 23.8 Å². The van der Waals surface area contributed by atoms with Crippen LogP contribution in [-0.4, -0.2) is 51.2 Å². The topological polar surface area (TPSA) is 89.4 Å². The lowest BCUT2D eigenvalue weighted by Crippen LogP contribution is -2.38. The summed E-state index contributed by atoms with van der Waals surface area (Å²) in [6.45, 7) is 1.74. The molecule has 0 saturated heterocycles. The first-order chi connectivity index (χ1) is 15.5. The second-order valence-corrected chi connectivity index (χ2v) is 9.19. The lowest BCUT2D eigenvalue weighted by molar-refractivity contribution is -0.122. The Bertz CT molecular complexity index is 1100. The number of hydrogen-bond donors (Lipinski definition) is 3. The van der Waals surface area contributed by atoms with Crippen LogP contribution in [0.2, 0.25) is 10.0 Å². The van der Waals surface area contributed by atoms with E-state index in [1.54, 1.807) is 0 Å². The van der Waals surface area contributed by atoms with Crippen LogP contribution in [0.4, 0.5) is 0 Å². The van der Waals surface area contributed by atoms with Crippen molar-refractivity contribution >= 4 is 40.6 Å². The smallest absolute Gasteiger partial charge is 0.290 e.